The smallest absolute Gasteiger partial charge is 0.286 e. The molecule has 0 atom stereocenters. The number of para-hydroxylation sites is 1. The molecule has 0 unspecified atom stereocenters. The standard InChI is InChI=1S/C25H16ClN3O3S2/c26-17-12-10-16(11-13-17)22(30)27-29-24(32)21(34-25(29)33)20-18-8-4-5-9-19(18)28(23(20)31)14-15-6-2-1-3-7-15/h1-13H,14H2,(H,27,30)/b21-20-. The van der Waals surface area contributed by atoms with Crippen molar-refractivity contribution in [2.24, 2.45) is 0 Å². The first-order chi connectivity index (χ1) is 16.4. The Balaban J connectivity index is 1.47. The normalized spacial score (nSPS) is 17.4. The molecule has 1 saturated heterocycles. The van der Waals surface area contributed by atoms with Gasteiger partial charge in [0, 0.05) is 16.1 Å². The Kier molecular flexibility index (Phi) is 5.95. The second kappa shape index (κ2) is 9.06. The van der Waals surface area contributed by atoms with E-state index in [1.165, 1.54) is 0 Å². The third-order valence-electron chi connectivity index (χ3n) is 5.42. The summed E-state index contributed by atoms with van der Waals surface area (Å²) in [6, 6.07) is 23.2. The first-order valence-electron chi connectivity index (χ1n) is 10.3. The van der Waals surface area contributed by atoms with Gasteiger partial charge in [0.1, 0.15) is 0 Å². The third-order valence-corrected chi connectivity index (χ3v) is 7.05. The van der Waals surface area contributed by atoms with Crippen molar-refractivity contribution in [3.63, 3.8) is 0 Å². The van der Waals surface area contributed by atoms with Crippen LogP contribution in [0.2, 0.25) is 5.02 Å². The molecule has 3 amide bonds. The van der Waals surface area contributed by atoms with Gasteiger partial charge in [-0.2, -0.15) is 5.01 Å². The summed E-state index contributed by atoms with van der Waals surface area (Å²) in [5, 5.41) is 1.50. The third kappa shape index (κ3) is 4.00. The van der Waals surface area contributed by atoms with Gasteiger partial charge in [0.15, 0.2) is 4.32 Å². The van der Waals surface area contributed by atoms with Gasteiger partial charge in [-0.15, -0.1) is 0 Å². The fraction of sp³-hybridized carbons (Fsp3) is 0.0400. The van der Waals surface area contributed by atoms with Crippen LogP contribution in [0.25, 0.3) is 5.57 Å². The zero-order valence-electron chi connectivity index (χ0n) is 17.5. The molecule has 0 bridgehead atoms. The Morgan fingerprint density at radius 3 is 2.32 bits per heavy atom. The molecule has 3 aromatic carbocycles. The molecule has 9 heteroatoms. The zero-order chi connectivity index (χ0) is 23.8. The number of thiocarbonyl (C=S) groups is 1. The van der Waals surface area contributed by atoms with E-state index < -0.39 is 11.8 Å². The number of nitrogens with one attached hydrogen (secondary N) is 1. The number of hydrazine groups is 1. The molecule has 5 rings (SSSR count). The highest BCUT2D eigenvalue weighted by atomic mass is 35.5. The van der Waals surface area contributed by atoms with Gasteiger partial charge < -0.3 is 4.90 Å². The van der Waals surface area contributed by atoms with E-state index in [4.69, 9.17) is 23.8 Å². The number of hydrogen-bond donors (Lipinski definition) is 1. The molecule has 0 radical (unpaired) electrons. The number of rotatable bonds is 4. The topological polar surface area (TPSA) is 69.7 Å². The van der Waals surface area contributed by atoms with Gasteiger partial charge in [-0.1, -0.05) is 71.9 Å². The predicted octanol–water partition coefficient (Wildman–Crippen LogP) is 4.80. The van der Waals surface area contributed by atoms with Crippen LogP contribution in [-0.4, -0.2) is 27.1 Å². The molecule has 0 spiro atoms. The van der Waals surface area contributed by atoms with Gasteiger partial charge in [-0.25, -0.2) is 0 Å². The lowest BCUT2D eigenvalue weighted by molar-refractivity contribution is -0.124. The maximum absolute atomic E-state index is 13.5. The van der Waals surface area contributed by atoms with Crippen molar-refractivity contribution in [2.45, 2.75) is 6.54 Å². The van der Waals surface area contributed by atoms with E-state index in [9.17, 15) is 14.4 Å². The number of fused-ring (bicyclic) bond motifs is 1. The van der Waals surface area contributed by atoms with Crippen LogP contribution in [0.15, 0.2) is 83.8 Å². The minimum Gasteiger partial charge on any atom is -0.303 e. The molecule has 2 aliphatic heterocycles. The number of hydrogen-bond acceptors (Lipinski definition) is 5. The average Bonchev–Trinajstić information content (AvgIpc) is 3.27. The Labute approximate surface area is 210 Å². The average molecular weight is 506 g/mol. The summed E-state index contributed by atoms with van der Waals surface area (Å²) in [7, 11) is 0. The molecular weight excluding hydrogens is 490 g/mol. The van der Waals surface area contributed by atoms with Crippen LogP contribution in [0.4, 0.5) is 5.69 Å². The van der Waals surface area contributed by atoms with Gasteiger partial charge in [-0.3, -0.25) is 19.8 Å². The summed E-state index contributed by atoms with van der Waals surface area (Å²) in [4.78, 5) is 41.3. The van der Waals surface area contributed by atoms with E-state index >= 15 is 0 Å². The number of nitrogens with zero attached hydrogens (tertiary/aromatic N) is 2. The number of benzene rings is 3. The Morgan fingerprint density at radius 2 is 1.59 bits per heavy atom. The molecule has 0 aromatic heterocycles. The molecule has 2 aliphatic rings. The van der Waals surface area contributed by atoms with Crippen LogP contribution < -0.4 is 10.3 Å². The molecule has 2 heterocycles. The van der Waals surface area contributed by atoms with Crippen LogP contribution in [0.1, 0.15) is 21.5 Å². The highest BCUT2D eigenvalue weighted by Crippen LogP contribution is 2.44. The van der Waals surface area contributed by atoms with E-state index in [2.05, 4.69) is 5.43 Å². The molecule has 6 nitrogen and oxygen atoms in total. The van der Waals surface area contributed by atoms with Gasteiger partial charge in [0.2, 0.25) is 0 Å². The summed E-state index contributed by atoms with van der Waals surface area (Å²) < 4.78 is 0.140. The van der Waals surface area contributed by atoms with Gasteiger partial charge >= 0.3 is 0 Å². The summed E-state index contributed by atoms with van der Waals surface area (Å²) in [5.41, 5.74) is 5.50. The van der Waals surface area contributed by atoms with Gasteiger partial charge in [0.05, 0.1) is 22.7 Å². The number of amides is 3. The van der Waals surface area contributed by atoms with Crippen molar-refractivity contribution in [1.82, 2.24) is 10.4 Å². The molecule has 34 heavy (non-hydrogen) atoms. The van der Waals surface area contributed by atoms with Crippen molar-refractivity contribution in [1.29, 1.82) is 0 Å². The van der Waals surface area contributed by atoms with Crippen LogP contribution in [-0.2, 0) is 16.1 Å². The van der Waals surface area contributed by atoms with Gasteiger partial charge in [-0.05, 0) is 48.1 Å². The second-order valence-electron chi connectivity index (χ2n) is 7.55. The minimum absolute atomic E-state index is 0.140. The molecular formula is C25H16ClN3O3S2. The van der Waals surface area contributed by atoms with E-state index in [0.29, 0.717) is 22.7 Å². The molecule has 168 valence electrons. The predicted molar refractivity (Wildman–Crippen MR) is 137 cm³/mol. The van der Waals surface area contributed by atoms with Crippen molar-refractivity contribution >= 4 is 68.9 Å². The molecule has 1 N–H and O–H groups in total. The first kappa shape index (κ1) is 22.3. The number of carbonyl (C=O) groups excluding carboxylic acids is 3. The lowest BCUT2D eigenvalue weighted by Crippen LogP contribution is -2.45. The monoisotopic (exact) mass is 505 g/mol. The lowest BCUT2D eigenvalue weighted by Gasteiger charge is -2.17. The molecule has 0 saturated carbocycles. The van der Waals surface area contributed by atoms with E-state index in [-0.39, 0.29) is 20.7 Å². The van der Waals surface area contributed by atoms with E-state index in [0.717, 1.165) is 28.0 Å². The summed E-state index contributed by atoms with van der Waals surface area (Å²) in [6.45, 7) is 0.369. The van der Waals surface area contributed by atoms with E-state index in [1.807, 2.05) is 54.6 Å². The Bertz CT molecular complexity index is 1370. The Hall–Kier alpha value is -3.46. The number of thioether (sulfide) groups is 1. The zero-order valence-corrected chi connectivity index (χ0v) is 19.9. The van der Waals surface area contributed by atoms with Crippen LogP contribution in [0.5, 0.6) is 0 Å². The SMILES string of the molecule is O=C(NN1C(=O)/C(=C2/C(=O)N(Cc3ccccc3)c3ccccc32)SC1=S)c1ccc(Cl)cc1. The highest BCUT2D eigenvalue weighted by Gasteiger charge is 2.42. The maximum atomic E-state index is 13.5. The van der Waals surface area contributed by atoms with Gasteiger partial charge in [0.25, 0.3) is 17.7 Å². The minimum atomic E-state index is -0.544. The fourth-order valence-electron chi connectivity index (χ4n) is 3.81. The van der Waals surface area contributed by atoms with Crippen LogP contribution >= 0.6 is 35.6 Å². The van der Waals surface area contributed by atoms with Crippen molar-refractivity contribution in [3.05, 3.63) is 105 Å². The van der Waals surface area contributed by atoms with Crippen LogP contribution in [0.3, 0.4) is 0 Å². The summed E-state index contributed by atoms with van der Waals surface area (Å²) >= 11 is 12.2. The number of halogens is 1. The molecule has 0 aliphatic carbocycles. The largest absolute Gasteiger partial charge is 0.303 e. The van der Waals surface area contributed by atoms with E-state index in [1.54, 1.807) is 29.2 Å². The van der Waals surface area contributed by atoms with Crippen molar-refractivity contribution < 1.29 is 14.4 Å². The highest BCUT2D eigenvalue weighted by molar-refractivity contribution is 8.26. The lowest BCUT2D eigenvalue weighted by atomic mass is 10.1. The first-order valence-corrected chi connectivity index (χ1v) is 11.9. The summed E-state index contributed by atoms with van der Waals surface area (Å²) in [6.07, 6.45) is 0. The molecule has 3 aromatic rings. The van der Waals surface area contributed by atoms with Crippen molar-refractivity contribution in [2.75, 3.05) is 4.90 Å². The maximum Gasteiger partial charge on any atom is 0.286 e. The van der Waals surface area contributed by atoms with Crippen LogP contribution in [0, 0.1) is 0 Å². The molecule has 1 fully saturated rings. The quantitative estimate of drug-likeness (QED) is 0.407. The Morgan fingerprint density at radius 1 is 0.912 bits per heavy atom. The fourth-order valence-corrected chi connectivity index (χ4v) is 5.18. The number of carbonyl (C=O) groups is 3. The second-order valence-corrected chi connectivity index (χ2v) is 9.64. The number of anilines is 1. The summed E-state index contributed by atoms with van der Waals surface area (Å²) in [5.74, 6) is -1.34. The van der Waals surface area contributed by atoms with Crippen molar-refractivity contribution in [3.8, 4) is 0 Å².